The van der Waals surface area contributed by atoms with Crippen molar-refractivity contribution < 1.29 is 0 Å². The van der Waals surface area contributed by atoms with E-state index >= 15 is 0 Å². The molecule has 0 unspecified atom stereocenters. The lowest BCUT2D eigenvalue weighted by molar-refractivity contribution is 0.882. The van der Waals surface area contributed by atoms with Crippen molar-refractivity contribution >= 4 is 28.6 Å². The van der Waals surface area contributed by atoms with Crippen LogP contribution in [0.15, 0.2) is 52.6 Å². The number of nitrogens with zero attached hydrogens (tertiary/aromatic N) is 2. The van der Waals surface area contributed by atoms with Gasteiger partial charge in [0.25, 0.3) is 5.56 Å². The van der Waals surface area contributed by atoms with Crippen molar-refractivity contribution in [1.82, 2.24) is 14.6 Å². The number of hydrogen-bond acceptors (Lipinski definition) is 3. The largest absolute Gasteiger partial charge is 0.339 e. The van der Waals surface area contributed by atoms with E-state index in [2.05, 4.69) is 10.1 Å². The molecule has 3 heterocycles. The van der Waals surface area contributed by atoms with E-state index in [1.54, 1.807) is 29.5 Å². The predicted octanol–water partition coefficient (Wildman–Crippen LogP) is 4.38. The fraction of sp³-hybridized carbons (Fsp3) is 0.0588. The normalized spacial score (nSPS) is 11.2. The predicted molar refractivity (Wildman–Crippen MR) is 94.3 cm³/mol. The zero-order chi connectivity index (χ0) is 16.0. The highest BCUT2D eigenvalue weighted by Gasteiger charge is 2.15. The van der Waals surface area contributed by atoms with Crippen molar-refractivity contribution in [3.8, 4) is 21.7 Å². The number of H-pyrrole nitrogens is 1. The van der Waals surface area contributed by atoms with Crippen LogP contribution < -0.4 is 5.56 Å². The number of aromatic nitrogens is 3. The van der Waals surface area contributed by atoms with E-state index in [-0.39, 0.29) is 5.56 Å². The molecule has 0 aliphatic heterocycles. The summed E-state index contributed by atoms with van der Waals surface area (Å²) in [5, 5.41) is 7.05. The van der Waals surface area contributed by atoms with Crippen LogP contribution in [0, 0.1) is 6.92 Å². The second kappa shape index (κ2) is 5.37. The quantitative estimate of drug-likeness (QED) is 0.588. The van der Waals surface area contributed by atoms with Crippen LogP contribution in [0.1, 0.15) is 5.69 Å². The maximum atomic E-state index is 12.4. The molecule has 4 rings (SSSR count). The fourth-order valence-corrected chi connectivity index (χ4v) is 3.60. The molecular weight excluding hydrogens is 330 g/mol. The third-order valence-electron chi connectivity index (χ3n) is 3.71. The Bertz CT molecular complexity index is 1050. The number of rotatable bonds is 2. The second-order valence-corrected chi connectivity index (χ2v) is 6.61. The Morgan fingerprint density at radius 2 is 2.00 bits per heavy atom. The van der Waals surface area contributed by atoms with Gasteiger partial charge in [0.1, 0.15) is 5.65 Å². The lowest BCUT2D eigenvalue weighted by Crippen LogP contribution is -2.14. The molecule has 0 spiro atoms. The zero-order valence-corrected chi connectivity index (χ0v) is 13.8. The van der Waals surface area contributed by atoms with Crippen molar-refractivity contribution in [1.29, 1.82) is 0 Å². The van der Waals surface area contributed by atoms with E-state index in [9.17, 15) is 4.79 Å². The van der Waals surface area contributed by atoms with Gasteiger partial charge in [-0.3, -0.25) is 4.79 Å². The van der Waals surface area contributed by atoms with E-state index < -0.39 is 0 Å². The summed E-state index contributed by atoms with van der Waals surface area (Å²) in [6.07, 6.45) is 0. The number of benzene rings is 1. The maximum Gasteiger partial charge on any atom is 0.274 e. The average Bonchev–Trinajstić information content (AvgIpc) is 3.15. The Morgan fingerprint density at radius 3 is 2.70 bits per heavy atom. The molecule has 0 radical (unpaired) electrons. The van der Waals surface area contributed by atoms with Crippen LogP contribution in [0.3, 0.4) is 0 Å². The minimum atomic E-state index is -0.158. The van der Waals surface area contributed by atoms with Crippen molar-refractivity contribution in [2.24, 2.45) is 0 Å². The highest BCUT2D eigenvalue weighted by atomic mass is 35.5. The first-order chi connectivity index (χ1) is 11.1. The maximum absolute atomic E-state index is 12.4. The van der Waals surface area contributed by atoms with Crippen LogP contribution in [-0.2, 0) is 0 Å². The third-order valence-corrected chi connectivity index (χ3v) is 4.85. The highest BCUT2D eigenvalue weighted by molar-refractivity contribution is 7.13. The molecule has 4 nitrogen and oxygen atoms in total. The first-order valence-electron chi connectivity index (χ1n) is 7.06. The van der Waals surface area contributed by atoms with Gasteiger partial charge >= 0.3 is 0 Å². The van der Waals surface area contributed by atoms with E-state index in [1.807, 2.05) is 36.6 Å². The molecule has 6 heteroatoms. The van der Waals surface area contributed by atoms with Gasteiger partial charge < -0.3 is 4.98 Å². The lowest BCUT2D eigenvalue weighted by Gasteiger charge is -2.04. The van der Waals surface area contributed by atoms with Crippen LogP contribution in [0.5, 0.6) is 0 Å². The average molecular weight is 342 g/mol. The zero-order valence-electron chi connectivity index (χ0n) is 12.2. The van der Waals surface area contributed by atoms with E-state index in [0.29, 0.717) is 10.7 Å². The summed E-state index contributed by atoms with van der Waals surface area (Å²) >= 11 is 7.56. The molecule has 0 atom stereocenters. The first-order valence-corrected chi connectivity index (χ1v) is 8.32. The van der Waals surface area contributed by atoms with Crippen LogP contribution >= 0.6 is 22.9 Å². The van der Waals surface area contributed by atoms with Gasteiger partial charge in [0.05, 0.1) is 17.0 Å². The summed E-state index contributed by atoms with van der Waals surface area (Å²) in [6.45, 7) is 1.91. The van der Waals surface area contributed by atoms with Gasteiger partial charge in [-0.15, -0.1) is 11.3 Å². The van der Waals surface area contributed by atoms with E-state index in [0.717, 1.165) is 27.4 Å². The summed E-state index contributed by atoms with van der Waals surface area (Å²) in [5.74, 6) is 0. The molecule has 1 N–H and O–H groups in total. The smallest absolute Gasteiger partial charge is 0.274 e. The molecule has 4 aromatic rings. The second-order valence-electron chi connectivity index (χ2n) is 5.23. The summed E-state index contributed by atoms with van der Waals surface area (Å²) in [7, 11) is 0. The Hall–Kier alpha value is -2.37. The topological polar surface area (TPSA) is 50.2 Å². The standard InChI is InChI=1S/C17H12ClN3OS/c1-10-16(14-3-2-8-23-14)17-19-13(9-15(22)21(17)20-10)11-4-6-12(18)7-5-11/h2-9,19H,1H3. The van der Waals surface area contributed by atoms with Gasteiger partial charge in [-0.1, -0.05) is 29.8 Å². The Balaban J connectivity index is 2.01. The van der Waals surface area contributed by atoms with Gasteiger partial charge in [-0.05, 0) is 36.1 Å². The number of halogens is 1. The molecule has 3 aromatic heterocycles. The molecule has 0 fully saturated rings. The lowest BCUT2D eigenvalue weighted by atomic mass is 10.1. The van der Waals surface area contributed by atoms with Gasteiger partial charge in [0.2, 0.25) is 0 Å². The molecule has 0 saturated carbocycles. The molecule has 0 aliphatic carbocycles. The van der Waals surface area contributed by atoms with Gasteiger partial charge in [-0.2, -0.15) is 9.61 Å². The number of nitrogens with one attached hydrogen (secondary N) is 1. The molecule has 1 aromatic carbocycles. The summed E-state index contributed by atoms with van der Waals surface area (Å²) in [6, 6.07) is 13.0. The number of hydrogen-bond donors (Lipinski definition) is 1. The Morgan fingerprint density at radius 1 is 1.22 bits per heavy atom. The molecule has 0 amide bonds. The summed E-state index contributed by atoms with van der Waals surface area (Å²) < 4.78 is 1.42. The van der Waals surface area contributed by atoms with Gasteiger partial charge in [-0.25, -0.2) is 0 Å². The molecule has 0 saturated heterocycles. The molecule has 114 valence electrons. The van der Waals surface area contributed by atoms with Gasteiger partial charge in [0.15, 0.2) is 0 Å². The first kappa shape index (κ1) is 14.2. The minimum Gasteiger partial charge on any atom is -0.339 e. The molecule has 0 bridgehead atoms. The summed E-state index contributed by atoms with van der Waals surface area (Å²) in [5.41, 5.74) is 4.00. The third kappa shape index (κ3) is 2.38. The number of fused-ring (bicyclic) bond motifs is 1. The fourth-order valence-electron chi connectivity index (χ4n) is 2.65. The monoisotopic (exact) mass is 341 g/mol. The van der Waals surface area contributed by atoms with E-state index in [1.165, 1.54) is 4.52 Å². The van der Waals surface area contributed by atoms with Crippen molar-refractivity contribution in [2.75, 3.05) is 0 Å². The molecule has 0 aliphatic rings. The number of aryl methyl sites for hydroxylation is 1. The van der Waals surface area contributed by atoms with Gasteiger partial charge in [0, 0.05) is 16.0 Å². The van der Waals surface area contributed by atoms with Crippen molar-refractivity contribution in [2.45, 2.75) is 6.92 Å². The highest BCUT2D eigenvalue weighted by Crippen LogP contribution is 2.31. The Labute approximate surface area is 141 Å². The molecular formula is C17H12ClN3OS. The molecule has 23 heavy (non-hydrogen) atoms. The minimum absolute atomic E-state index is 0.158. The van der Waals surface area contributed by atoms with Crippen molar-refractivity contribution in [3.05, 3.63) is 68.9 Å². The Kier molecular flexibility index (Phi) is 3.32. The SMILES string of the molecule is Cc1nn2c(=O)cc(-c3ccc(Cl)cc3)[nH]c2c1-c1cccs1. The van der Waals surface area contributed by atoms with Crippen LogP contribution in [-0.4, -0.2) is 14.6 Å². The summed E-state index contributed by atoms with van der Waals surface area (Å²) in [4.78, 5) is 16.9. The van der Waals surface area contributed by atoms with Crippen LogP contribution in [0.2, 0.25) is 5.02 Å². The van der Waals surface area contributed by atoms with Crippen LogP contribution in [0.4, 0.5) is 0 Å². The number of thiophene rings is 1. The van der Waals surface area contributed by atoms with E-state index in [4.69, 9.17) is 11.6 Å². The number of aromatic amines is 1. The van der Waals surface area contributed by atoms with Crippen LogP contribution in [0.25, 0.3) is 27.3 Å². The van der Waals surface area contributed by atoms with Crippen molar-refractivity contribution in [3.63, 3.8) is 0 Å².